The van der Waals surface area contributed by atoms with Crippen molar-refractivity contribution in [3.8, 4) is 5.75 Å². The first-order chi connectivity index (χ1) is 6.31. The lowest BCUT2D eigenvalue weighted by Crippen LogP contribution is -1.74. The fourth-order valence-corrected chi connectivity index (χ4v) is 2.22. The molecule has 0 aliphatic rings. The summed E-state index contributed by atoms with van der Waals surface area (Å²) in [4.78, 5) is 1.11. The molecule has 2 aromatic carbocycles. The maximum absolute atomic E-state index is 9.27. The van der Waals surface area contributed by atoms with Crippen molar-refractivity contribution in [2.75, 3.05) is 0 Å². The molecule has 0 aliphatic carbocycles. The number of fused-ring (bicyclic) bond motifs is 1. The first kappa shape index (κ1) is 8.78. The van der Waals surface area contributed by atoms with Gasteiger partial charge >= 0.3 is 0 Å². The molecule has 0 amide bonds. The van der Waals surface area contributed by atoms with Crippen LogP contribution in [0.2, 0.25) is 0 Å². The highest BCUT2D eigenvalue weighted by Crippen LogP contribution is 2.31. The van der Waals surface area contributed by atoms with Gasteiger partial charge in [-0.2, -0.15) is 0 Å². The second kappa shape index (κ2) is 3.52. The third-order valence-electron chi connectivity index (χ3n) is 1.92. The number of phenols is 1. The minimum absolute atomic E-state index is 0.300. The Morgan fingerprint density at radius 1 is 1.15 bits per heavy atom. The van der Waals surface area contributed by atoms with Crippen LogP contribution in [0, 0.1) is 0 Å². The van der Waals surface area contributed by atoms with Crippen LogP contribution in [0.1, 0.15) is 0 Å². The largest absolute Gasteiger partial charge is 0.508 e. The second-order valence-electron chi connectivity index (χ2n) is 2.75. The van der Waals surface area contributed by atoms with Gasteiger partial charge in [0.2, 0.25) is 0 Å². The predicted octanol–water partition coefficient (Wildman–Crippen LogP) is 3.48. The van der Waals surface area contributed by atoms with E-state index in [2.05, 4.69) is 11.7 Å². The molecular formula is C10H8OS2. The Kier molecular flexibility index (Phi) is 2.38. The molecular weight excluding hydrogens is 200 g/mol. The Balaban J connectivity index is 2.77. The Morgan fingerprint density at radius 2 is 2.00 bits per heavy atom. The van der Waals surface area contributed by atoms with Gasteiger partial charge in [-0.15, -0.1) is 11.7 Å². The standard InChI is InChI=1S/C10H8OS2/c11-8-4-5-9-7(6-8)2-1-3-10(9)13-12/h1-6,11-12H. The Bertz CT molecular complexity index is 440. The first-order valence-corrected chi connectivity index (χ1v) is 5.71. The SMILES string of the molecule is Oc1ccc2c(SS)cccc2c1. The molecule has 0 spiro atoms. The van der Waals surface area contributed by atoms with Crippen LogP contribution in [-0.4, -0.2) is 5.11 Å². The van der Waals surface area contributed by atoms with Gasteiger partial charge in [-0.25, -0.2) is 0 Å². The van der Waals surface area contributed by atoms with Crippen molar-refractivity contribution < 1.29 is 5.11 Å². The van der Waals surface area contributed by atoms with Crippen LogP contribution >= 0.6 is 22.5 Å². The molecule has 0 bridgehead atoms. The number of phenolic OH excluding ortho intramolecular Hbond substituents is 1. The molecule has 0 aliphatic heterocycles. The third kappa shape index (κ3) is 1.62. The van der Waals surface area contributed by atoms with E-state index in [0.717, 1.165) is 15.7 Å². The van der Waals surface area contributed by atoms with Crippen molar-refractivity contribution in [2.45, 2.75) is 4.90 Å². The highest BCUT2D eigenvalue weighted by atomic mass is 33.1. The van der Waals surface area contributed by atoms with E-state index in [-0.39, 0.29) is 0 Å². The van der Waals surface area contributed by atoms with E-state index in [1.807, 2.05) is 24.3 Å². The van der Waals surface area contributed by atoms with Gasteiger partial charge < -0.3 is 5.11 Å². The Morgan fingerprint density at radius 3 is 2.77 bits per heavy atom. The highest BCUT2D eigenvalue weighted by molar-refractivity contribution is 8.68. The summed E-state index contributed by atoms with van der Waals surface area (Å²) in [6, 6.07) is 11.3. The molecule has 0 radical (unpaired) electrons. The highest BCUT2D eigenvalue weighted by Gasteiger charge is 1.99. The number of rotatable bonds is 1. The van der Waals surface area contributed by atoms with Crippen LogP contribution < -0.4 is 0 Å². The zero-order valence-electron chi connectivity index (χ0n) is 6.77. The molecule has 0 fully saturated rings. The summed E-state index contributed by atoms with van der Waals surface area (Å²) >= 11 is 4.17. The molecule has 1 nitrogen and oxygen atoms in total. The van der Waals surface area contributed by atoms with Crippen LogP contribution in [0.5, 0.6) is 5.75 Å². The van der Waals surface area contributed by atoms with Crippen LogP contribution in [0.25, 0.3) is 10.8 Å². The van der Waals surface area contributed by atoms with E-state index in [4.69, 9.17) is 0 Å². The molecule has 0 saturated heterocycles. The van der Waals surface area contributed by atoms with Crippen molar-refractivity contribution >= 4 is 33.2 Å². The van der Waals surface area contributed by atoms with Crippen molar-refractivity contribution in [2.24, 2.45) is 0 Å². The average Bonchev–Trinajstić information content (AvgIpc) is 2.16. The molecule has 0 atom stereocenters. The van der Waals surface area contributed by atoms with Crippen LogP contribution in [0.15, 0.2) is 41.3 Å². The number of aromatic hydroxyl groups is 1. The Hall–Kier alpha value is -0.800. The third-order valence-corrected chi connectivity index (χ3v) is 3.07. The van der Waals surface area contributed by atoms with Crippen LogP contribution in [0.4, 0.5) is 0 Å². The van der Waals surface area contributed by atoms with Crippen molar-refractivity contribution in [1.29, 1.82) is 0 Å². The Labute approximate surface area is 85.6 Å². The maximum Gasteiger partial charge on any atom is 0.116 e. The normalized spacial score (nSPS) is 10.5. The molecule has 66 valence electrons. The predicted molar refractivity (Wildman–Crippen MR) is 60.5 cm³/mol. The lowest BCUT2D eigenvalue weighted by Gasteiger charge is -2.02. The number of hydrogen-bond donors (Lipinski definition) is 2. The lowest BCUT2D eigenvalue weighted by molar-refractivity contribution is 0.476. The minimum atomic E-state index is 0.300. The summed E-state index contributed by atoms with van der Waals surface area (Å²) in [5.74, 6) is 0.300. The van der Waals surface area contributed by atoms with E-state index in [0.29, 0.717) is 5.75 Å². The van der Waals surface area contributed by atoms with Gasteiger partial charge in [-0.3, -0.25) is 0 Å². The topological polar surface area (TPSA) is 20.2 Å². The smallest absolute Gasteiger partial charge is 0.116 e. The summed E-state index contributed by atoms with van der Waals surface area (Å²) in [7, 11) is 1.42. The number of benzene rings is 2. The quantitative estimate of drug-likeness (QED) is 0.552. The molecule has 0 unspecified atom stereocenters. The van der Waals surface area contributed by atoms with E-state index in [1.54, 1.807) is 12.1 Å². The summed E-state index contributed by atoms with van der Waals surface area (Å²) in [6.45, 7) is 0. The minimum Gasteiger partial charge on any atom is -0.508 e. The molecule has 0 aromatic heterocycles. The van der Waals surface area contributed by atoms with Gasteiger partial charge in [0.15, 0.2) is 0 Å². The molecule has 0 heterocycles. The molecule has 2 rings (SSSR count). The molecule has 2 aromatic rings. The van der Waals surface area contributed by atoms with Gasteiger partial charge in [-0.1, -0.05) is 22.9 Å². The summed E-state index contributed by atoms with van der Waals surface area (Å²) in [5, 5.41) is 11.4. The zero-order chi connectivity index (χ0) is 9.26. The molecule has 13 heavy (non-hydrogen) atoms. The number of hydrogen-bond acceptors (Lipinski definition) is 3. The van der Waals surface area contributed by atoms with Gasteiger partial charge in [0.1, 0.15) is 5.75 Å². The average molecular weight is 208 g/mol. The molecule has 3 heteroatoms. The van der Waals surface area contributed by atoms with Gasteiger partial charge in [0, 0.05) is 4.90 Å². The van der Waals surface area contributed by atoms with E-state index in [1.165, 1.54) is 10.8 Å². The summed E-state index contributed by atoms with van der Waals surface area (Å²) in [6.07, 6.45) is 0. The maximum atomic E-state index is 9.27. The molecule has 1 N–H and O–H groups in total. The first-order valence-electron chi connectivity index (χ1n) is 3.84. The lowest BCUT2D eigenvalue weighted by atomic mass is 10.1. The summed E-state index contributed by atoms with van der Waals surface area (Å²) in [5.41, 5.74) is 0. The van der Waals surface area contributed by atoms with Crippen LogP contribution in [-0.2, 0) is 0 Å². The van der Waals surface area contributed by atoms with Crippen molar-refractivity contribution in [3.05, 3.63) is 36.4 Å². The number of thiol groups is 1. The zero-order valence-corrected chi connectivity index (χ0v) is 8.48. The van der Waals surface area contributed by atoms with Gasteiger partial charge in [0.05, 0.1) is 0 Å². The fourth-order valence-electron chi connectivity index (χ4n) is 1.32. The second-order valence-corrected chi connectivity index (χ2v) is 3.92. The van der Waals surface area contributed by atoms with E-state index >= 15 is 0 Å². The summed E-state index contributed by atoms with van der Waals surface area (Å²) < 4.78 is 0. The van der Waals surface area contributed by atoms with Crippen molar-refractivity contribution in [3.63, 3.8) is 0 Å². The van der Waals surface area contributed by atoms with E-state index in [9.17, 15) is 5.11 Å². The van der Waals surface area contributed by atoms with E-state index < -0.39 is 0 Å². The van der Waals surface area contributed by atoms with Gasteiger partial charge in [-0.05, 0) is 35.0 Å². The fraction of sp³-hybridized carbons (Fsp3) is 0. The molecule has 0 saturated carbocycles. The monoisotopic (exact) mass is 208 g/mol. The van der Waals surface area contributed by atoms with Crippen molar-refractivity contribution in [1.82, 2.24) is 0 Å². The van der Waals surface area contributed by atoms with Gasteiger partial charge in [0.25, 0.3) is 0 Å². The van der Waals surface area contributed by atoms with Crippen LogP contribution in [0.3, 0.4) is 0 Å².